The van der Waals surface area contributed by atoms with Crippen LogP contribution in [0.2, 0.25) is 0 Å². The largest absolute Gasteiger partial charge is 0.480 e. The number of amides is 1. The van der Waals surface area contributed by atoms with Crippen molar-refractivity contribution in [2.75, 3.05) is 19.6 Å². The highest BCUT2D eigenvalue weighted by Crippen LogP contribution is 2.22. The minimum atomic E-state index is -4.13. The molecule has 6 N–H and O–H groups in total. The Morgan fingerprint density at radius 2 is 1.95 bits per heavy atom. The third kappa shape index (κ3) is 6.86. The van der Waals surface area contributed by atoms with Gasteiger partial charge in [0.25, 0.3) is 5.91 Å². The highest BCUT2D eigenvalue weighted by atomic mass is 32.2. The van der Waals surface area contributed by atoms with Gasteiger partial charge < -0.3 is 15.7 Å². The molecule has 13 heteroatoms. The number of hydrogen-bond donors (Lipinski definition) is 6. The number of carbonyl (C=O) groups is 2. The van der Waals surface area contributed by atoms with Crippen LogP contribution in [0.5, 0.6) is 0 Å². The summed E-state index contributed by atoms with van der Waals surface area (Å²) in [6.07, 6.45) is 5.58. The van der Waals surface area contributed by atoms with E-state index in [2.05, 4.69) is 31.1 Å². The van der Waals surface area contributed by atoms with Crippen LogP contribution in [-0.4, -0.2) is 67.1 Å². The quantitative estimate of drug-likeness (QED) is 0.174. The molecule has 1 aliphatic rings. The van der Waals surface area contributed by atoms with Crippen LogP contribution in [0.3, 0.4) is 0 Å². The first-order chi connectivity index (χ1) is 19.1. The number of fused-ring (bicyclic) bond motifs is 1. The minimum absolute atomic E-state index is 0.0281. The average molecular weight is 570 g/mol. The van der Waals surface area contributed by atoms with E-state index in [0.29, 0.717) is 16.7 Å². The first kappa shape index (κ1) is 29.2. The number of aliphatic carboxylic acids is 1. The molecule has 2 heterocycles. The van der Waals surface area contributed by atoms with E-state index in [0.717, 1.165) is 42.5 Å². The van der Waals surface area contributed by atoms with Gasteiger partial charge in [-0.3, -0.25) is 24.9 Å². The van der Waals surface area contributed by atoms with Gasteiger partial charge in [-0.05, 0) is 62.7 Å². The Bertz CT molecular complexity index is 1510. The molecule has 0 saturated carbocycles. The molecule has 214 valence electrons. The maximum Gasteiger partial charge on any atom is 0.323 e. The second-order valence-corrected chi connectivity index (χ2v) is 11.4. The smallest absolute Gasteiger partial charge is 0.323 e. The summed E-state index contributed by atoms with van der Waals surface area (Å²) >= 11 is 0. The predicted octanol–water partition coefficient (Wildman–Crippen LogP) is 0.864. The topological polar surface area (TPSA) is 166 Å². The van der Waals surface area contributed by atoms with Gasteiger partial charge >= 0.3 is 5.97 Å². The number of rotatable bonds is 12. The van der Waals surface area contributed by atoms with Gasteiger partial charge in [0.15, 0.2) is 0 Å². The zero-order valence-corrected chi connectivity index (χ0v) is 23.5. The number of benzene rings is 2. The van der Waals surface area contributed by atoms with Gasteiger partial charge in [0, 0.05) is 31.1 Å². The Labute approximate surface area is 233 Å². The van der Waals surface area contributed by atoms with E-state index >= 15 is 0 Å². The molecule has 2 unspecified atom stereocenters. The van der Waals surface area contributed by atoms with E-state index < -0.39 is 34.5 Å². The van der Waals surface area contributed by atoms with Crippen LogP contribution in [0, 0.1) is 13.8 Å². The third-order valence-corrected chi connectivity index (χ3v) is 8.47. The molecular formula is C27H35N7O5S. The number of sulfonamides is 1. The number of nitrogens with zero attached hydrogens (tertiary/aromatic N) is 2. The molecule has 0 aliphatic carbocycles. The van der Waals surface area contributed by atoms with Gasteiger partial charge in [0.1, 0.15) is 12.3 Å². The number of aryl methyl sites for hydroxylation is 4. The standard InChI is InChI=1S/C27H35N7O5S/c1-17-7-4-8-18(2)24(17)40(38,39)33-22(26(36)37)16-31-25(35)19-10-11-20-21(32-34(3)23(20)15-19)9-5-12-28-27-29-13-6-14-30-27/h4,6-8,10-11,13,15,22,27-30,33H,5,9,12,14,16H2,1-3H3,(H,31,35)(H,36,37). The minimum Gasteiger partial charge on any atom is -0.480 e. The van der Waals surface area contributed by atoms with Crippen LogP contribution in [0.15, 0.2) is 53.6 Å². The van der Waals surface area contributed by atoms with Crippen molar-refractivity contribution in [1.29, 1.82) is 0 Å². The normalized spacial score (nSPS) is 16.0. The summed E-state index contributed by atoms with van der Waals surface area (Å²) in [5, 5.41) is 27.6. The van der Waals surface area contributed by atoms with Crippen LogP contribution < -0.4 is 26.0 Å². The molecule has 0 radical (unpaired) electrons. The second kappa shape index (κ2) is 12.6. The lowest BCUT2D eigenvalue weighted by molar-refractivity contribution is -0.138. The highest BCUT2D eigenvalue weighted by Gasteiger charge is 2.28. The van der Waals surface area contributed by atoms with E-state index in [-0.39, 0.29) is 11.2 Å². The average Bonchev–Trinajstić information content (AvgIpc) is 3.23. The fourth-order valence-electron chi connectivity index (χ4n) is 4.70. The Balaban J connectivity index is 1.38. The molecule has 1 aliphatic heterocycles. The van der Waals surface area contributed by atoms with Crippen molar-refractivity contribution >= 4 is 32.8 Å². The molecule has 2 aromatic carbocycles. The molecule has 0 fully saturated rings. The van der Waals surface area contributed by atoms with E-state index in [9.17, 15) is 23.1 Å². The van der Waals surface area contributed by atoms with Crippen molar-refractivity contribution in [1.82, 2.24) is 35.8 Å². The van der Waals surface area contributed by atoms with Crippen LogP contribution in [0.25, 0.3) is 10.9 Å². The van der Waals surface area contributed by atoms with Crippen LogP contribution in [-0.2, 0) is 28.3 Å². The summed E-state index contributed by atoms with van der Waals surface area (Å²) in [6, 6.07) is 8.62. The molecular weight excluding hydrogens is 534 g/mol. The summed E-state index contributed by atoms with van der Waals surface area (Å²) in [7, 11) is -2.33. The SMILES string of the molecule is Cc1cccc(C)c1S(=O)(=O)NC(CNC(=O)c1ccc2c(CCCNC3NC=CCN3)nn(C)c2c1)C(=O)O. The fraction of sp³-hybridized carbons (Fsp3) is 0.370. The summed E-state index contributed by atoms with van der Waals surface area (Å²) < 4.78 is 29.8. The van der Waals surface area contributed by atoms with Crippen molar-refractivity contribution in [2.24, 2.45) is 7.05 Å². The number of nitrogens with one attached hydrogen (secondary N) is 5. The van der Waals surface area contributed by atoms with Crippen molar-refractivity contribution in [3.63, 3.8) is 0 Å². The molecule has 4 rings (SSSR count). The molecule has 1 amide bonds. The van der Waals surface area contributed by atoms with Crippen molar-refractivity contribution in [3.05, 3.63) is 71.1 Å². The summed E-state index contributed by atoms with van der Waals surface area (Å²) in [4.78, 5) is 24.8. The van der Waals surface area contributed by atoms with Crippen molar-refractivity contribution in [2.45, 2.75) is 43.9 Å². The number of carbonyl (C=O) groups excluding carboxylic acids is 1. The zero-order valence-electron chi connectivity index (χ0n) is 22.7. The molecule has 3 aromatic rings. The van der Waals surface area contributed by atoms with Crippen LogP contribution >= 0.6 is 0 Å². The number of aromatic nitrogens is 2. The lowest BCUT2D eigenvalue weighted by Crippen LogP contribution is -2.53. The maximum atomic E-state index is 13.0. The van der Waals surface area contributed by atoms with E-state index in [1.54, 1.807) is 55.9 Å². The molecule has 12 nitrogen and oxygen atoms in total. The summed E-state index contributed by atoms with van der Waals surface area (Å²) in [5.74, 6) is -1.92. The highest BCUT2D eigenvalue weighted by molar-refractivity contribution is 7.89. The van der Waals surface area contributed by atoms with Gasteiger partial charge in [-0.1, -0.05) is 30.3 Å². The molecule has 0 bridgehead atoms. The Morgan fingerprint density at radius 3 is 2.62 bits per heavy atom. The first-order valence-corrected chi connectivity index (χ1v) is 14.5. The van der Waals surface area contributed by atoms with Gasteiger partial charge in [0.05, 0.1) is 16.1 Å². The van der Waals surface area contributed by atoms with Crippen LogP contribution in [0.1, 0.15) is 33.6 Å². The summed E-state index contributed by atoms with van der Waals surface area (Å²) in [5.41, 5.74) is 2.99. The van der Waals surface area contributed by atoms with Crippen molar-refractivity contribution in [3.8, 4) is 0 Å². The van der Waals surface area contributed by atoms with Gasteiger partial charge in [-0.15, -0.1) is 0 Å². The summed E-state index contributed by atoms with van der Waals surface area (Å²) in [6.45, 7) is 4.45. The Hall–Kier alpha value is -3.78. The van der Waals surface area contributed by atoms with E-state index in [1.807, 2.05) is 18.3 Å². The molecule has 0 spiro atoms. The van der Waals surface area contributed by atoms with E-state index in [1.165, 1.54) is 0 Å². The number of carboxylic acids is 1. The fourth-order valence-corrected chi connectivity index (χ4v) is 6.37. The van der Waals surface area contributed by atoms with Crippen molar-refractivity contribution < 1.29 is 23.1 Å². The molecule has 40 heavy (non-hydrogen) atoms. The molecule has 1 aromatic heterocycles. The molecule has 2 atom stereocenters. The van der Waals surface area contributed by atoms with E-state index in [4.69, 9.17) is 0 Å². The van der Waals surface area contributed by atoms with Crippen LogP contribution in [0.4, 0.5) is 0 Å². The third-order valence-electron chi connectivity index (χ3n) is 6.69. The molecule has 0 saturated heterocycles. The Morgan fingerprint density at radius 1 is 1.20 bits per heavy atom. The second-order valence-electron chi connectivity index (χ2n) is 9.71. The number of hydrogen-bond acceptors (Lipinski definition) is 8. The van der Waals surface area contributed by atoms with Gasteiger partial charge in [-0.2, -0.15) is 9.82 Å². The predicted molar refractivity (Wildman–Crippen MR) is 151 cm³/mol. The maximum absolute atomic E-state index is 13.0. The van der Waals surface area contributed by atoms with Gasteiger partial charge in [0.2, 0.25) is 10.0 Å². The van der Waals surface area contributed by atoms with Gasteiger partial charge in [-0.25, -0.2) is 8.42 Å². The monoisotopic (exact) mass is 569 g/mol. The number of carboxylic acid groups (broad SMARTS) is 1. The lowest BCUT2D eigenvalue weighted by Gasteiger charge is -2.22. The first-order valence-electron chi connectivity index (χ1n) is 13.0. The lowest BCUT2D eigenvalue weighted by atomic mass is 10.1. The Kier molecular flexibility index (Phi) is 9.20. The zero-order chi connectivity index (χ0) is 28.9.